The number of hydrogen-bond donors (Lipinski definition) is 0. The summed E-state index contributed by atoms with van der Waals surface area (Å²) in [6.07, 6.45) is -0.150. The Hall–Kier alpha value is -0.560. The molecular formula is C51H130O14. The molecule has 14 nitrogen and oxygen atoms in total. The van der Waals surface area contributed by atoms with Gasteiger partial charge in [0, 0.05) is 79.8 Å². The van der Waals surface area contributed by atoms with Crippen molar-refractivity contribution >= 4 is 0 Å². The first-order chi connectivity index (χ1) is 26.3. The molecule has 0 aliphatic heterocycles. The van der Waals surface area contributed by atoms with Crippen LogP contribution in [0.3, 0.4) is 0 Å². The minimum atomic E-state index is -0.183. The molecule has 0 aromatic carbocycles. The molecule has 0 rings (SSSR count). The van der Waals surface area contributed by atoms with Gasteiger partial charge in [-0.25, -0.2) is 0 Å². The minimum Gasteiger partial charge on any atom is -0.382 e. The highest BCUT2D eigenvalue weighted by molar-refractivity contribution is 4.79. The molecule has 0 fully saturated rings. The summed E-state index contributed by atoms with van der Waals surface area (Å²) < 4.78 is 76.9. The van der Waals surface area contributed by atoms with E-state index in [1.165, 1.54) is 0 Å². The average molecular weight is 968 g/mol. The SMILES string of the molecule is C.C.C.C.C.C.C.C.C.C.C.CCOCC(COCC(COCC(COC)OCC)OCC)OCC.CCOCC(COCC)(COCC)COCC.CCOCC(COCC)OCC. The first-order valence-corrected chi connectivity index (χ1v) is 20.4. The molecule has 0 bridgehead atoms. The molecule has 0 saturated carbocycles. The Balaban J connectivity index is -0.0000000485. The zero-order chi connectivity index (χ0) is 41.0. The second-order valence-electron chi connectivity index (χ2n) is 11.9. The molecule has 0 spiro atoms. The minimum absolute atomic E-state index is 0. The van der Waals surface area contributed by atoms with E-state index in [2.05, 4.69) is 0 Å². The van der Waals surface area contributed by atoms with Crippen LogP contribution in [-0.2, 0) is 66.3 Å². The molecule has 0 heterocycles. The van der Waals surface area contributed by atoms with Gasteiger partial charge in [-0.1, -0.05) is 81.7 Å². The maximum Gasteiger partial charge on any atom is 0.104 e. The third-order valence-electron chi connectivity index (χ3n) is 7.15. The normalized spacial score (nSPS) is 11.0. The van der Waals surface area contributed by atoms with Gasteiger partial charge in [-0.15, -0.1) is 0 Å². The predicted octanol–water partition coefficient (Wildman–Crippen LogP) is 12.5. The van der Waals surface area contributed by atoms with Crippen molar-refractivity contribution in [3.63, 3.8) is 0 Å². The van der Waals surface area contributed by atoms with E-state index < -0.39 is 0 Å². The van der Waals surface area contributed by atoms with E-state index in [9.17, 15) is 0 Å². The molecule has 65 heavy (non-hydrogen) atoms. The van der Waals surface area contributed by atoms with Crippen molar-refractivity contribution in [2.75, 3.05) is 159 Å². The van der Waals surface area contributed by atoms with Crippen molar-refractivity contribution in [2.45, 2.75) is 182 Å². The number of hydrogen-bond acceptors (Lipinski definition) is 14. The van der Waals surface area contributed by atoms with E-state index >= 15 is 0 Å². The van der Waals surface area contributed by atoms with Gasteiger partial charge in [0.1, 0.15) is 24.4 Å². The van der Waals surface area contributed by atoms with E-state index in [4.69, 9.17) is 66.3 Å². The molecule has 14 heteroatoms. The van der Waals surface area contributed by atoms with Crippen LogP contribution in [0.25, 0.3) is 0 Å². The Bertz CT molecular complexity index is 631. The van der Waals surface area contributed by atoms with E-state index in [1.807, 2.05) is 76.2 Å². The first kappa shape index (κ1) is 102. The molecular weight excluding hydrogens is 837 g/mol. The molecule has 0 amide bonds. The van der Waals surface area contributed by atoms with E-state index in [0.717, 1.165) is 13.2 Å². The van der Waals surface area contributed by atoms with Gasteiger partial charge in [0.05, 0.1) is 84.7 Å². The van der Waals surface area contributed by atoms with Crippen LogP contribution in [-0.4, -0.2) is 183 Å². The summed E-state index contributed by atoms with van der Waals surface area (Å²) in [5.74, 6) is 0. The van der Waals surface area contributed by atoms with Crippen molar-refractivity contribution in [3.05, 3.63) is 0 Å². The van der Waals surface area contributed by atoms with E-state index in [1.54, 1.807) is 7.11 Å². The second-order valence-corrected chi connectivity index (χ2v) is 11.9. The summed E-state index contributed by atoms with van der Waals surface area (Å²) in [5, 5.41) is 0. The van der Waals surface area contributed by atoms with Crippen LogP contribution in [0.4, 0.5) is 0 Å². The fourth-order valence-electron chi connectivity index (χ4n) is 4.64. The fourth-order valence-corrected chi connectivity index (χ4v) is 4.64. The van der Waals surface area contributed by atoms with Gasteiger partial charge in [-0.3, -0.25) is 0 Å². The first-order valence-electron chi connectivity index (χ1n) is 20.4. The zero-order valence-electron chi connectivity index (χ0n) is 36.8. The molecule has 0 N–H and O–H groups in total. The van der Waals surface area contributed by atoms with Gasteiger partial charge >= 0.3 is 0 Å². The molecule has 0 aliphatic rings. The number of ether oxygens (including phenoxy) is 14. The molecule has 0 aromatic heterocycles. The maximum atomic E-state index is 5.75. The van der Waals surface area contributed by atoms with Crippen molar-refractivity contribution in [2.24, 2.45) is 5.41 Å². The average Bonchev–Trinajstić information content (AvgIpc) is 3.18. The van der Waals surface area contributed by atoms with Crippen LogP contribution in [0, 0.1) is 5.41 Å². The van der Waals surface area contributed by atoms with Gasteiger partial charge in [0.25, 0.3) is 0 Å². The molecule has 0 radical (unpaired) electrons. The Morgan fingerprint density at radius 2 is 0.431 bits per heavy atom. The Morgan fingerprint density at radius 1 is 0.246 bits per heavy atom. The highest BCUT2D eigenvalue weighted by Gasteiger charge is 2.32. The highest BCUT2D eigenvalue weighted by Crippen LogP contribution is 2.20. The van der Waals surface area contributed by atoms with Crippen LogP contribution in [0.5, 0.6) is 0 Å². The van der Waals surface area contributed by atoms with Gasteiger partial charge < -0.3 is 66.3 Å². The zero-order valence-corrected chi connectivity index (χ0v) is 36.8. The summed E-state index contributed by atoms with van der Waals surface area (Å²) in [5.41, 5.74) is -0.183. The smallest absolute Gasteiger partial charge is 0.104 e. The van der Waals surface area contributed by atoms with E-state index in [0.29, 0.717) is 139 Å². The number of methoxy groups -OCH3 is 1. The topological polar surface area (TPSA) is 129 Å². The molecule has 0 saturated heterocycles. The lowest BCUT2D eigenvalue weighted by Gasteiger charge is -2.32. The number of rotatable bonds is 39. The molecule has 3 atom stereocenters. The summed E-state index contributed by atoms with van der Waals surface area (Å²) >= 11 is 0. The Morgan fingerprint density at radius 3 is 0.600 bits per heavy atom. The van der Waals surface area contributed by atoms with Gasteiger partial charge in [-0.2, -0.15) is 0 Å². The van der Waals surface area contributed by atoms with Crippen LogP contribution in [0.15, 0.2) is 0 Å². The Labute approximate surface area is 412 Å². The second kappa shape index (κ2) is 83.5. The van der Waals surface area contributed by atoms with Crippen molar-refractivity contribution < 1.29 is 66.3 Å². The molecule has 0 aromatic rings. The lowest BCUT2D eigenvalue weighted by atomic mass is 9.92. The standard InChI is InChI=1S/C18H38O7.C13H28O4.C9H20O3.11CH4/c1-6-20-11-17(24-8-3)13-22-15-18(25-9-4)14-21-12-16(10-19-5)23-7-2;1-5-14-9-13(10-15-6-2,11-16-7-3)12-17-8-4;1-4-10-7-9(12-6-3)8-11-5-2;;;;;;;;;;;/h16-18H,6-15H2,1-5H3;5-12H2,1-4H3;9H,4-8H2,1-3H3;11*1H4. The summed E-state index contributed by atoms with van der Waals surface area (Å²) in [7, 11) is 1.65. The fraction of sp³-hybridized carbons (Fsp3) is 1.00. The van der Waals surface area contributed by atoms with Gasteiger partial charge in [-0.05, 0) is 76.2 Å². The van der Waals surface area contributed by atoms with Crippen LogP contribution >= 0.6 is 0 Å². The molecule has 0 aliphatic carbocycles. The van der Waals surface area contributed by atoms with Crippen molar-refractivity contribution in [3.8, 4) is 0 Å². The van der Waals surface area contributed by atoms with Gasteiger partial charge in [0.2, 0.25) is 0 Å². The van der Waals surface area contributed by atoms with Crippen LogP contribution < -0.4 is 0 Å². The third-order valence-corrected chi connectivity index (χ3v) is 7.15. The molecule has 3 unspecified atom stereocenters. The summed E-state index contributed by atoms with van der Waals surface area (Å²) in [6.45, 7) is 35.9. The monoisotopic (exact) mass is 967 g/mol. The van der Waals surface area contributed by atoms with Crippen LogP contribution in [0.2, 0.25) is 0 Å². The van der Waals surface area contributed by atoms with E-state index in [-0.39, 0.29) is 112 Å². The quantitative estimate of drug-likeness (QED) is 0.0579. The lowest BCUT2D eigenvalue weighted by Crippen LogP contribution is -2.41. The van der Waals surface area contributed by atoms with Gasteiger partial charge in [0.15, 0.2) is 0 Å². The Kier molecular flexibility index (Phi) is 131. The maximum absolute atomic E-state index is 5.75. The highest BCUT2D eigenvalue weighted by atomic mass is 16.6. The summed E-state index contributed by atoms with van der Waals surface area (Å²) in [4.78, 5) is 0. The molecule has 418 valence electrons. The van der Waals surface area contributed by atoms with Crippen molar-refractivity contribution in [1.29, 1.82) is 0 Å². The van der Waals surface area contributed by atoms with Crippen LogP contribution in [0.1, 0.15) is 158 Å². The third kappa shape index (κ3) is 70.1. The summed E-state index contributed by atoms with van der Waals surface area (Å²) in [6, 6.07) is 0. The predicted molar refractivity (Wildman–Crippen MR) is 287 cm³/mol. The largest absolute Gasteiger partial charge is 0.382 e. The lowest BCUT2D eigenvalue weighted by molar-refractivity contribution is -0.104. The van der Waals surface area contributed by atoms with Crippen molar-refractivity contribution in [1.82, 2.24) is 0 Å².